The van der Waals surface area contributed by atoms with Gasteiger partial charge in [0.2, 0.25) is 5.91 Å². The first kappa shape index (κ1) is 14.8. The van der Waals surface area contributed by atoms with Crippen LogP contribution in [0.4, 0.5) is 10.1 Å². The van der Waals surface area contributed by atoms with Crippen molar-refractivity contribution in [2.75, 3.05) is 5.32 Å². The standard InChI is InChI=1S/C14H16ClFN2O2/c1-8(15)13(19)18-11-7-3-6-10(16)12(11)14(20)17-9-4-2-5-9/h3,6-9H,2,4-5H2,1H3,(H,17,20)(H,18,19). The smallest absolute Gasteiger partial charge is 0.256 e. The molecule has 2 N–H and O–H groups in total. The van der Waals surface area contributed by atoms with Gasteiger partial charge < -0.3 is 10.6 Å². The van der Waals surface area contributed by atoms with Crippen LogP contribution in [-0.2, 0) is 4.79 Å². The third-order valence-corrected chi connectivity index (χ3v) is 3.50. The average molecular weight is 299 g/mol. The molecule has 1 fully saturated rings. The van der Waals surface area contributed by atoms with Gasteiger partial charge in [0.25, 0.3) is 5.91 Å². The summed E-state index contributed by atoms with van der Waals surface area (Å²) in [6.45, 7) is 1.50. The fourth-order valence-electron chi connectivity index (χ4n) is 1.90. The minimum atomic E-state index is -0.763. The second-order valence-corrected chi connectivity index (χ2v) is 5.52. The van der Waals surface area contributed by atoms with E-state index in [0.717, 1.165) is 19.3 Å². The average Bonchev–Trinajstić information content (AvgIpc) is 2.33. The minimum absolute atomic E-state index is 0.0950. The van der Waals surface area contributed by atoms with Gasteiger partial charge in [-0.3, -0.25) is 9.59 Å². The van der Waals surface area contributed by atoms with Gasteiger partial charge in [0.15, 0.2) is 0 Å². The summed E-state index contributed by atoms with van der Waals surface area (Å²) < 4.78 is 13.9. The molecule has 0 radical (unpaired) electrons. The molecule has 1 aromatic rings. The van der Waals surface area contributed by atoms with E-state index in [1.165, 1.54) is 25.1 Å². The van der Waals surface area contributed by atoms with E-state index < -0.39 is 23.0 Å². The molecule has 1 unspecified atom stereocenters. The molecule has 0 aliphatic heterocycles. The second-order valence-electron chi connectivity index (χ2n) is 4.87. The number of carbonyl (C=O) groups excluding carboxylic acids is 2. The number of anilines is 1. The van der Waals surface area contributed by atoms with Crippen molar-refractivity contribution in [2.24, 2.45) is 0 Å². The lowest BCUT2D eigenvalue weighted by Gasteiger charge is -2.26. The van der Waals surface area contributed by atoms with Crippen LogP contribution in [-0.4, -0.2) is 23.2 Å². The third-order valence-electron chi connectivity index (χ3n) is 3.30. The van der Waals surface area contributed by atoms with Crippen molar-refractivity contribution in [3.63, 3.8) is 0 Å². The molecule has 6 heteroatoms. The molecule has 0 spiro atoms. The van der Waals surface area contributed by atoms with Crippen molar-refractivity contribution >= 4 is 29.1 Å². The van der Waals surface area contributed by atoms with Gasteiger partial charge in [-0.05, 0) is 38.3 Å². The van der Waals surface area contributed by atoms with Crippen molar-refractivity contribution < 1.29 is 14.0 Å². The maximum Gasteiger partial charge on any atom is 0.256 e. The Morgan fingerprint density at radius 1 is 1.40 bits per heavy atom. The molecule has 0 bridgehead atoms. The fourth-order valence-corrected chi connectivity index (χ4v) is 1.96. The first-order chi connectivity index (χ1) is 9.49. The summed E-state index contributed by atoms with van der Waals surface area (Å²) in [6, 6.07) is 4.20. The molecule has 1 saturated carbocycles. The van der Waals surface area contributed by atoms with E-state index in [2.05, 4.69) is 10.6 Å². The molecule has 2 rings (SSSR count). The number of hydrogen-bond acceptors (Lipinski definition) is 2. The Morgan fingerprint density at radius 2 is 2.10 bits per heavy atom. The highest BCUT2D eigenvalue weighted by atomic mass is 35.5. The van der Waals surface area contributed by atoms with E-state index in [-0.39, 0.29) is 17.3 Å². The van der Waals surface area contributed by atoms with Gasteiger partial charge in [-0.2, -0.15) is 0 Å². The molecule has 20 heavy (non-hydrogen) atoms. The predicted octanol–water partition coefficient (Wildman–Crippen LogP) is 2.67. The predicted molar refractivity (Wildman–Crippen MR) is 75.4 cm³/mol. The molecule has 4 nitrogen and oxygen atoms in total. The van der Waals surface area contributed by atoms with Crippen molar-refractivity contribution in [1.29, 1.82) is 0 Å². The topological polar surface area (TPSA) is 58.2 Å². The van der Waals surface area contributed by atoms with Crippen molar-refractivity contribution in [3.05, 3.63) is 29.6 Å². The molecule has 1 aromatic carbocycles. The molecule has 0 saturated heterocycles. The van der Waals surface area contributed by atoms with Gasteiger partial charge in [0.05, 0.1) is 11.3 Å². The van der Waals surface area contributed by atoms with Crippen molar-refractivity contribution in [3.8, 4) is 0 Å². The number of carbonyl (C=O) groups is 2. The van der Waals surface area contributed by atoms with Gasteiger partial charge in [0, 0.05) is 6.04 Å². The van der Waals surface area contributed by atoms with Crippen molar-refractivity contribution in [1.82, 2.24) is 5.32 Å². The maximum atomic E-state index is 13.9. The van der Waals surface area contributed by atoms with Crippen LogP contribution in [0.1, 0.15) is 36.5 Å². The Balaban J connectivity index is 2.21. The number of hydrogen-bond donors (Lipinski definition) is 2. The molecule has 0 heterocycles. The zero-order valence-electron chi connectivity index (χ0n) is 11.1. The van der Waals surface area contributed by atoms with Gasteiger partial charge in [-0.1, -0.05) is 6.07 Å². The van der Waals surface area contributed by atoms with Gasteiger partial charge >= 0.3 is 0 Å². The highest BCUT2D eigenvalue weighted by Crippen LogP contribution is 2.23. The van der Waals surface area contributed by atoms with Crippen LogP contribution in [0, 0.1) is 5.82 Å². The Morgan fingerprint density at radius 3 is 2.65 bits per heavy atom. The van der Waals surface area contributed by atoms with E-state index in [1.54, 1.807) is 0 Å². The summed E-state index contributed by atoms with van der Waals surface area (Å²) in [5.74, 6) is -1.65. The molecule has 1 aliphatic carbocycles. The van der Waals surface area contributed by atoms with E-state index in [4.69, 9.17) is 11.6 Å². The largest absolute Gasteiger partial charge is 0.349 e. The molecule has 0 aromatic heterocycles. The number of alkyl halides is 1. The van der Waals surface area contributed by atoms with Crippen LogP contribution in [0.25, 0.3) is 0 Å². The highest BCUT2D eigenvalue weighted by Gasteiger charge is 2.24. The Bertz CT molecular complexity index is 530. The lowest BCUT2D eigenvalue weighted by Crippen LogP contribution is -2.40. The third kappa shape index (κ3) is 3.28. The fraction of sp³-hybridized carbons (Fsp3) is 0.429. The Hall–Kier alpha value is -1.62. The highest BCUT2D eigenvalue weighted by molar-refractivity contribution is 6.32. The summed E-state index contributed by atoms with van der Waals surface area (Å²) in [7, 11) is 0. The van der Waals surface area contributed by atoms with Crippen LogP contribution in [0.2, 0.25) is 0 Å². The summed E-state index contributed by atoms with van der Waals surface area (Å²) in [4.78, 5) is 23.7. The molecule has 1 atom stereocenters. The van der Waals surface area contributed by atoms with Crippen LogP contribution in [0.3, 0.4) is 0 Å². The van der Waals surface area contributed by atoms with Gasteiger partial charge in [-0.15, -0.1) is 11.6 Å². The molecule has 108 valence electrons. The van der Waals surface area contributed by atoms with Crippen molar-refractivity contribution in [2.45, 2.75) is 37.6 Å². The molecule has 2 amide bonds. The molecule has 1 aliphatic rings. The SMILES string of the molecule is CC(Cl)C(=O)Nc1cccc(F)c1C(=O)NC1CCC1. The van der Waals surface area contributed by atoms with Gasteiger partial charge in [0.1, 0.15) is 11.2 Å². The van der Waals surface area contributed by atoms with E-state index in [9.17, 15) is 14.0 Å². The summed E-state index contributed by atoms with van der Waals surface area (Å²) in [5.41, 5.74) is -0.00982. The molecular formula is C14H16ClFN2O2. The number of benzene rings is 1. The van der Waals surface area contributed by atoms with E-state index in [0.29, 0.717) is 0 Å². The number of nitrogens with one attached hydrogen (secondary N) is 2. The summed E-state index contributed by atoms with van der Waals surface area (Å²) in [5, 5.41) is 4.46. The number of halogens is 2. The number of rotatable bonds is 4. The van der Waals surface area contributed by atoms with E-state index >= 15 is 0 Å². The zero-order valence-corrected chi connectivity index (χ0v) is 11.8. The first-order valence-electron chi connectivity index (χ1n) is 6.53. The van der Waals surface area contributed by atoms with Crippen LogP contribution >= 0.6 is 11.6 Å². The minimum Gasteiger partial charge on any atom is -0.349 e. The maximum absolute atomic E-state index is 13.9. The quantitative estimate of drug-likeness (QED) is 0.840. The second kappa shape index (κ2) is 6.22. The normalized spacial score (nSPS) is 16.1. The molecular weight excluding hydrogens is 283 g/mol. The monoisotopic (exact) mass is 298 g/mol. The van der Waals surface area contributed by atoms with Gasteiger partial charge in [-0.25, -0.2) is 4.39 Å². The number of amides is 2. The lowest BCUT2D eigenvalue weighted by atomic mass is 9.93. The summed E-state index contributed by atoms with van der Waals surface area (Å²) >= 11 is 5.66. The Kier molecular flexibility index (Phi) is 4.60. The van der Waals surface area contributed by atoms with E-state index in [1.807, 2.05) is 0 Å². The summed E-state index contributed by atoms with van der Waals surface area (Å²) in [6.07, 6.45) is 2.87. The van der Waals surface area contributed by atoms with Crippen LogP contribution < -0.4 is 10.6 Å². The van der Waals surface area contributed by atoms with Crippen LogP contribution in [0.15, 0.2) is 18.2 Å². The lowest BCUT2D eigenvalue weighted by molar-refractivity contribution is -0.115. The first-order valence-corrected chi connectivity index (χ1v) is 6.97. The Labute approximate surface area is 121 Å². The zero-order chi connectivity index (χ0) is 14.7. The van der Waals surface area contributed by atoms with Crippen LogP contribution in [0.5, 0.6) is 0 Å².